The van der Waals surface area contributed by atoms with Crippen LogP contribution in [0.1, 0.15) is 6.92 Å². The van der Waals surface area contributed by atoms with Gasteiger partial charge in [0.1, 0.15) is 5.82 Å². The molecule has 0 aromatic heterocycles. The van der Waals surface area contributed by atoms with Crippen molar-refractivity contribution < 1.29 is 9.13 Å². The quantitative estimate of drug-likeness (QED) is 0.801. The number of para-hydroxylation sites is 1. The van der Waals surface area contributed by atoms with Crippen LogP contribution >= 0.6 is 0 Å². The average molecular weight is 226 g/mol. The predicted molar refractivity (Wildman–Crippen MR) is 64.1 cm³/mol. The molecule has 0 amide bonds. The van der Waals surface area contributed by atoms with E-state index in [0.29, 0.717) is 25.4 Å². The van der Waals surface area contributed by atoms with E-state index in [-0.39, 0.29) is 11.9 Å². The third-order valence-corrected chi connectivity index (χ3v) is 2.41. The standard InChI is InChI=1S/C12H19FN2O/c1-3-16-10(8-14)9-15(2)12-7-5-4-6-11(12)13/h4-7,10H,3,8-9,14H2,1-2H3. The van der Waals surface area contributed by atoms with Gasteiger partial charge in [-0.15, -0.1) is 0 Å². The lowest BCUT2D eigenvalue weighted by atomic mass is 10.2. The molecule has 1 unspecified atom stereocenters. The Morgan fingerprint density at radius 2 is 2.12 bits per heavy atom. The minimum absolute atomic E-state index is 0.0605. The first-order chi connectivity index (χ1) is 7.69. The number of hydrogen-bond donors (Lipinski definition) is 1. The molecule has 0 saturated carbocycles. The summed E-state index contributed by atoms with van der Waals surface area (Å²) in [6, 6.07) is 6.68. The van der Waals surface area contributed by atoms with Gasteiger partial charge in [0.05, 0.1) is 11.8 Å². The van der Waals surface area contributed by atoms with Crippen molar-refractivity contribution in [1.29, 1.82) is 0 Å². The van der Waals surface area contributed by atoms with E-state index in [9.17, 15) is 4.39 Å². The molecule has 0 radical (unpaired) electrons. The molecule has 1 aromatic rings. The number of anilines is 1. The highest BCUT2D eigenvalue weighted by molar-refractivity contribution is 5.46. The van der Waals surface area contributed by atoms with Gasteiger partial charge >= 0.3 is 0 Å². The molecule has 3 nitrogen and oxygen atoms in total. The zero-order valence-corrected chi connectivity index (χ0v) is 9.82. The molecule has 1 rings (SSSR count). The van der Waals surface area contributed by atoms with Gasteiger partial charge in [0, 0.05) is 26.7 Å². The van der Waals surface area contributed by atoms with Crippen LogP contribution in [0.5, 0.6) is 0 Å². The zero-order valence-electron chi connectivity index (χ0n) is 9.82. The Morgan fingerprint density at radius 3 is 2.69 bits per heavy atom. The molecule has 0 saturated heterocycles. The van der Waals surface area contributed by atoms with E-state index in [2.05, 4.69) is 0 Å². The summed E-state index contributed by atoms with van der Waals surface area (Å²) in [5.74, 6) is -0.225. The summed E-state index contributed by atoms with van der Waals surface area (Å²) < 4.78 is 18.9. The summed E-state index contributed by atoms with van der Waals surface area (Å²) in [4.78, 5) is 1.82. The number of rotatable bonds is 6. The van der Waals surface area contributed by atoms with Gasteiger partial charge in [-0.3, -0.25) is 0 Å². The lowest BCUT2D eigenvalue weighted by molar-refractivity contribution is 0.0744. The van der Waals surface area contributed by atoms with Crippen molar-refractivity contribution >= 4 is 5.69 Å². The molecule has 0 heterocycles. The first-order valence-electron chi connectivity index (χ1n) is 5.46. The molecule has 90 valence electrons. The Labute approximate surface area is 96.0 Å². The molecule has 0 fully saturated rings. The molecule has 2 N–H and O–H groups in total. The minimum atomic E-state index is -0.225. The molecule has 1 atom stereocenters. The van der Waals surface area contributed by atoms with E-state index in [1.165, 1.54) is 6.07 Å². The molecule has 16 heavy (non-hydrogen) atoms. The smallest absolute Gasteiger partial charge is 0.146 e. The molecule has 4 heteroatoms. The fourth-order valence-electron chi connectivity index (χ4n) is 1.60. The number of nitrogens with two attached hydrogens (primary N) is 1. The van der Waals surface area contributed by atoms with Gasteiger partial charge in [0.25, 0.3) is 0 Å². The van der Waals surface area contributed by atoms with Gasteiger partial charge in [-0.2, -0.15) is 0 Å². The second-order valence-electron chi connectivity index (χ2n) is 3.64. The van der Waals surface area contributed by atoms with Crippen molar-refractivity contribution in [3.8, 4) is 0 Å². The highest BCUT2D eigenvalue weighted by atomic mass is 19.1. The third-order valence-electron chi connectivity index (χ3n) is 2.41. The number of nitrogens with zero attached hydrogens (tertiary/aromatic N) is 1. The van der Waals surface area contributed by atoms with E-state index >= 15 is 0 Å². The van der Waals surface area contributed by atoms with Gasteiger partial charge in [-0.25, -0.2) is 4.39 Å². The minimum Gasteiger partial charge on any atom is -0.375 e. The van der Waals surface area contributed by atoms with Crippen LogP contribution in [0.15, 0.2) is 24.3 Å². The summed E-state index contributed by atoms with van der Waals surface area (Å²) in [6.07, 6.45) is -0.0605. The van der Waals surface area contributed by atoms with Gasteiger partial charge in [-0.05, 0) is 19.1 Å². The fourth-order valence-corrected chi connectivity index (χ4v) is 1.60. The summed E-state index contributed by atoms with van der Waals surface area (Å²) in [7, 11) is 1.83. The Balaban J connectivity index is 2.64. The Kier molecular flexibility index (Phi) is 5.22. The molecular formula is C12H19FN2O. The van der Waals surface area contributed by atoms with E-state index in [1.54, 1.807) is 12.1 Å². The van der Waals surface area contributed by atoms with Gasteiger partial charge in [0.2, 0.25) is 0 Å². The predicted octanol–water partition coefficient (Wildman–Crippen LogP) is 1.63. The van der Waals surface area contributed by atoms with Crippen molar-refractivity contribution in [2.24, 2.45) is 5.73 Å². The van der Waals surface area contributed by atoms with E-state index in [1.807, 2.05) is 24.9 Å². The monoisotopic (exact) mass is 226 g/mol. The first-order valence-corrected chi connectivity index (χ1v) is 5.46. The van der Waals surface area contributed by atoms with E-state index in [0.717, 1.165) is 0 Å². The van der Waals surface area contributed by atoms with Crippen LogP contribution in [0, 0.1) is 5.82 Å². The van der Waals surface area contributed by atoms with Crippen molar-refractivity contribution in [2.45, 2.75) is 13.0 Å². The van der Waals surface area contributed by atoms with Crippen LogP contribution < -0.4 is 10.6 Å². The number of benzene rings is 1. The summed E-state index contributed by atoms with van der Waals surface area (Å²) in [5.41, 5.74) is 6.15. The SMILES string of the molecule is CCOC(CN)CN(C)c1ccccc1F. The highest BCUT2D eigenvalue weighted by Gasteiger charge is 2.12. The largest absolute Gasteiger partial charge is 0.375 e. The van der Waals surface area contributed by atoms with Crippen molar-refractivity contribution in [1.82, 2.24) is 0 Å². The van der Waals surface area contributed by atoms with Gasteiger partial charge in [-0.1, -0.05) is 12.1 Å². The highest BCUT2D eigenvalue weighted by Crippen LogP contribution is 2.17. The van der Waals surface area contributed by atoms with E-state index in [4.69, 9.17) is 10.5 Å². The van der Waals surface area contributed by atoms with Crippen LogP contribution in [0.4, 0.5) is 10.1 Å². The molecule has 0 aliphatic rings. The van der Waals surface area contributed by atoms with Crippen LogP contribution in [-0.2, 0) is 4.74 Å². The number of hydrogen-bond acceptors (Lipinski definition) is 3. The normalized spacial score (nSPS) is 12.5. The second-order valence-corrected chi connectivity index (χ2v) is 3.64. The molecule has 1 aromatic carbocycles. The maximum absolute atomic E-state index is 13.5. The van der Waals surface area contributed by atoms with Crippen LogP contribution in [0.25, 0.3) is 0 Å². The first kappa shape index (κ1) is 12.9. The molecular weight excluding hydrogens is 207 g/mol. The van der Waals surface area contributed by atoms with Gasteiger partial charge < -0.3 is 15.4 Å². The van der Waals surface area contributed by atoms with Crippen molar-refractivity contribution in [3.63, 3.8) is 0 Å². The zero-order chi connectivity index (χ0) is 12.0. The number of likely N-dealkylation sites (N-methyl/N-ethyl adjacent to an activating group) is 1. The Bertz CT molecular complexity index is 320. The second kappa shape index (κ2) is 6.45. The maximum atomic E-state index is 13.5. The molecule has 0 spiro atoms. The summed E-state index contributed by atoms with van der Waals surface area (Å²) in [6.45, 7) is 3.57. The van der Waals surface area contributed by atoms with Crippen LogP contribution in [-0.4, -0.2) is 32.8 Å². The lowest BCUT2D eigenvalue weighted by Gasteiger charge is -2.25. The Morgan fingerprint density at radius 1 is 1.44 bits per heavy atom. The molecule has 0 aliphatic heterocycles. The maximum Gasteiger partial charge on any atom is 0.146 e. The lowest BCUT2D eigenvalue weighted by Crippen LogP contribution is -2.36. The number of halogens is 1. The third kappa shape index (κ3) is 3.47. The average Bonchev–Trinajstić information content (AvgIpc) is 2.28. The van der Waals surface area contributed by atoms with E-state index < -0.39 is 0 Å². The van der Waals surface area contributed by atoms with Crippen LogP contribution in [0.2, 0.25) is 0 Å². The van der Waals surface area contributed by atoms with Crippen molar-refractivity contribution in [2.75, 3.05) is 31.6 Å². The number of ether oxygens (including phenoxy) is 1. The molecule has 0 bridgehead atoms. The molecule has 0 aliphatic carbocycles. The fraction of sp³-hybridized carbons (Fsp3) is 0.500. The summed E-state index contributed by atoms with van der Waals surface area (Å²) in [5, 5.41) is 0. The van der Waals surface area contributed by atoms with Gasteiger partial charge in [0.15, 0.2) is 0 Å². The van der Waals surface area contributed by atoms with Crippen molar-refractivity contribution in [3.05, 3.63) is 30.1 Å². The Hall–Kier alpha value is -1.13. The summed E-state index contributed by atoms with van der Waals surface area (Å²) >= 11 is 0. The van der Waals surface area contributed by atoms with Crippen LogP contribution in [0.3, 0.4) is 0 Å². The topological polar surface area (TPSA) is 38.5 Å².